The van der Waals surface area contributed by atoms with Crippen LogP contribution in [0.1, 0.15) is 12.8 Å². The van der Waals surface area contributed by atoms with Gasteiger partial charge in [-0.15, -0.1) is 0 Å². The maximum atomic E-state index is 12.4. The molecule has 1 saturated heterocycles. The van der Waals surface area contributed by atoms with Crippen molar-refractivity contribution < 1.29 is 8.42 Å². The molecule has 1 unspecified atom stereocenters. The van der Waals surface area contributed by atoms with E-state index < -0.39 is 9.84 Å². The third kappa shape index (κ3) is 2.89. The van der Waals surface area contributed by atoms with E-state index in [0.29, 0.717) is 17.6 Å². The Morgan fingerprint density at radius 3 is 2.95 bits per heavy atom. The molecule has 0 bridgehead atoms. The summed E-state index contributed by atoms with van der Waals surface area (Å²) in [5, 5.41) is 4.39. The summed E-state index contributed by atoms with van der Waals surface area (Å²) in [5.74, 6) is 0.766. The number of fused-ring (bicyclic) bond motifs is 1. The van der Waals surface area contributed by atoms with E-state index in [1.54, 1.807) is 19.4 Å². The van der Waals surface area contributed by atoms with Crippen molar-refractivity contribution in [3.05, 3.63) is 33.3 Å². The molecule has 118 valence electrons. The van der Waals surface area contributed by atoms with Gasteiger partial charge in [-0.25, -0.2) is 13.4 Å². The summed E-state index contributed by atoms with van der Waals surface area (Å²) in [5.41, 5.74) is -0.160. The summed E-state index contributed by atoms with van der Waals surface area (Å²) in [6.45, 7) is 0. The Balaban J connectivity index is 2.06. The van der Waals surface area contributed by atoms with E-state index in [9.17, 15) is 13.2 Å². The van der Waals surface area contributed by atoms with E-state index in [1.165, 1.54) is 4.57 Å². The fourth-order valence-electron chi connectivity index (χ4n) is 2.75. The molecule has 1 aliphatic heterocycles. The van der Waals surface area contributed by atoms with Crippen molar-refractivity contribution in [2.75, 3.05) is 16.8 Å². The molecular formula is C14H16BrN3O3S. The summed E-state index contributed by atoms with van der Waals surface area (Å²) in [7, 11) is -1.34. The summed E-state index contributed by atoms with van der Waals surface area (Å²) in [4.78, 5) is 16.7. The van der Waals surface area contributed by atoms with Gasteiger partial charge in [0.1, 0.15) is 5.82 Å². The molecule has 0 spiro atoms. The monoisotopic (exact) mass is 385 g/mol. The summed E-state index contributed by atoms with van der Waals surface area (Å²) >= 11 is 3.40. The normalized spacial score (nSPS) is 20.9. The van der Waals surface area contributed by atoms with Gasteiger partial charge in [-0.2, -0.15) is 0 Å². The lowest BCUT2D eigenvalue weighted by Crippen LogP contribution is -2.35. The Morgan fingerprint density at radius 1 is 1.45 bits per heavy atom. The van der Waals surface area contributed by atoms with Crippen molar-refractivity contribution in [3.8, 4) is 0 Å². The van der Waals surface area contributed by atoms with Crippen molar-refractivity contribution >= 4 is 42.4 Å². The van der Waals surface area contributed by atoms with Gasteiger partial charge in [0.2, 0.25) is 0 Å². The molecule has 1 aliphatic rings. The largest absolute Gasteiger partial charge is 0.366 e. The molecule has 6 nitrogen and oxygen atoms in total. The van der Waals surface area contributed by atoms with Crippen LogP contribution >= 0.6 is 15.9 Å². The number of aromatic nitrogens is 2. The van der Waals surface area contributed by atoms with Crippen LogP contribution in [0.2, 0.25) is 0 Å². The second-order valence-corrected chi connectivity index (χ2v) is 8.66. The molecule has 3 rings (SSSR count). The Hall–Kier alpha value is -1.41. The van der Waals surface area contributed by atoms with Gasteiger partial charge < -0.3 is 9.88 Å². The van der Waals surface area contributed by atoms with Gasteiger partial charge in [-0.3, -0.25) is 4.79 Å². The summed E-state index contributed by atoms with van der Waals surface area (Å²) in [6, 6.07) is 1.63. The molecule has 0 aromatic carbocycles. The van der Waals surface area contributed by atoms with E-state index in [-0.39, 0.29) is 23.1 Å². The first-order valence-electron chi connectivity index (χ1n) is 6.98. The van der Waals surface area contributed by atoms with E-state index in [2.05, 4.69) is 26.2 Å². The van der Waals surface area contributed by atoms with E-state index in [1.807, 2.05) is 6.07 Å². The summed E-state index contributed by atoms with van der Waals surface area (Å²) in [6.07, 6.45) is 4.71. The highest BCUT2D eigenvalue weighted by Crippen LogP contribution is 2.27. The van der Waals surface area contributed by atoms with E-state index >= 15 is 0 Å². The Morgan fingerprint density at radius 2 is 2.23 bits per heavy atom. The predicted octanol–water partition coefficient (Wildman–Crippen LogP) is 1.69. The average molecular weight is 386 g/mol. The molecule has 0 saturated carbocycles. The number of pyridine rings is 2. The molecule has 2 aromatic heterocycles. The Kier molecular flexibility index (Phi) is 3.98. The minimum Gasteiger partial charge on any atom is -0.366 e. The fraction of sp³-hybridized carbons (Fsp3) is 0.429. The van der Waals surface area contributed by atoms with Gasteiger partial charge in [0.05, 0.1) is 16.9 Å². The van der Waals surface area contributed by atoms with Crippen LogP contribution in [-0.4, -0.2) is 35.5 Å². The van der Waals surface area contributed by atoms with Crippen molar-refractivity contribution in [2.24, 2.45) is 7.05 Å². The van der Waals surface area contributed by atoms with Crippen molar-refractivity contribution in [2.45, 2.75) is 18.9 Å². The Labute approximate surface area is 136 Å². The first-order valence-corrected chi connectivity index (χ1v) is 9.59. The molecule has 2 aromatic rings. The van der Waals surface area contributed by atoms with Crippen molar-refractivity contribution in [1.82, 2.24) is 9.55 Å². The predicted molar refractivity (Wildman–Crippen MR) is 90.0 cm³/mol. The number of sulfone groups is 1. The van der Waals surface area contributed by atoms with Crippen LogP contribution < -0.4 is 10.9 Å². The SMILES string of the molecule is Cn1ccc2c(Br)cnc(NC3CCCS(=O)(=O)C3)c2c1=O. The second kappa shape index (κ2) is 5.66. The van der Waals surface area contributed by atoms with Crippen molar-refractivity contribution in [1.29, 1.82) is 0 Å². The molecule has 0 aliphatic carbocycles. The fourth-order valence-corrected chi connectivity index (χ4v) is 4.82. The smallest absolute Gasteiger partial charge is 0.261 e. The zero-order chi connectivity index (χ0) is 15.9. The number of hydrogen-bond acceptors (Lipinski definition) is 5. The lowest BCUT2D eigenvalue weighted by molar-refractivity contribution is 0.561. The maximum absolute atomic E-state index is 12.4. The third-order valence-electron chi connectivity index (χ3n) is 3.87. The number of nitrogens with zero attached hydrogens (tertiary/aromatic N) is 2. The highest BCUT2D eigenvalue weighted by Gasteiger charge is 2.25. The molecule has 0 amide bonds. The Bertz CT molecular complexity index is 892. The van der Waals surface area contributed by atoms with Gasteiger partial charge in [0, 0.05) is 35.3 Å². The molecule has 3 heterocycles. The molecule has 0 radical (unpaired) electrons. The van der Waals surface area contributed by atoms with Gasteiger partial charge in [-0.1, -0.05) is 0 Å². The van der Waals surface area contributed by atoms with Crippen molar-refractivity contribution in [3.63, 3.8) is 0 Å². The minimum atomic E-state index is -3.01. The molecule has 22 heavy (non-hydrogen) atoms. The van der Waals surface area contributed by atoms with Crippen LogP contribution in [0, 0.1) is 0 Å². The molecule has 1 fully saturated rings. The molecule has 1 N–H and O–H groups in total. The van der Waals surface area contributed by atoms with E-state index in [0.717, 1.165) is 16.3 Å². The zero-order valence-corrected chi connectivity index (χ0v) is 14.4. The number of halogens is 1. The number of aryl methyl sites for hydroxylation is 1. The first kappa shape index (κ1) is 15.5. The standard InChI is InChI=1S/C14H16BrN3O3S/c1-18-5-4-10-11(15)7-16-13(12(10)14(18)19)17-9-3-2-6-22(20,21)8-9/h4-5,7,9H,2-3,6,8H2,1H3,(H,16,17). The maximum Gasteiger partial charge on any atom is 0.261 e. The second-order valence-electron chi connectivity index (χ2n) is 5.57. The van der Waals surface area contributed by atoms with Gasteiger partial charge in [0.15, 0.2) is 9.84 Å². The number of anilines is 1. The highest BCUT2D eigenvalue weighted by molar-refractivity contribution is 9.10. The quantitative estimate of drug-likeness (QED) is 0.850. The highest BCUT2D eigenvalue weighted by atomic mass is 79.9. The van der Waals surface area contributed by atoms with Crippen LogP contribution in [0.5, 0.6) is 0 Å². The van der Waals surface area contributed by atoms with Crippen LogP contribution in [0.3, 0.4) is 0 Å². The molecule has 8 heteroatoms. The van der Waals surface area contributed by atoms with Gasteiger partial charge in [-0.05, 0) is 34.8 Å². The number of rotatable bonds is 2. The number of hydrogen-bond donors (Lipinski definition) is 1. The minimum absolute atomic E-state index is 0.0827. The number of nitrogens with one attached hydrogen (secondary N) is 1. The molecule has 1 atom stereocenters. The summed E-state index contributed by atoms with van der Waals surface area (Å²) < 4.78 is 25.7. The van der Waals surface area contributed by atoms with Gasteiger partial charge in [0.25, 0.3) is 5.56 Å². The van der Waals surface area contributed by atoms with Crippen LogP contribution in [0.15, 0.2) is 27.7 Å². The first-order chi connectivity index (χ1) is 10.4. The lowest BCUT2D eigenvalue weighted by Gasteiger charge is -2.24. The van der Waals surface area contributed by atoms with Crippen LogP contribution in [-0.2, 0) is 16.9 Å². The average Bonchev–Trinajstić information content (AvgIpc) is 2.44. The molecular weight excluding hydrogens is 370 g/mol. The van der Waals surface area contributed by atoms with Gasteiger partial charge >= 0.3 is 0 Å². The third-order valence-corrected chi connectivity index (χ3v) is 6.33. The zero-order valence-electron chi connectivity index (χ0n) is 12.0. The lowest BCUT2D eigenvalue weighted by atomic mass is 10.1. The van der Waals surface area contributed by atoms with Crippen LogP contribution in [0.25, 0.3) is 10.8 Å². The van der Waals surface area contributed by atoms with Crippen LogP contribution in [0.4, 0.5) is 5.82 Å². The van der Waals surface area contributed by atoms with E-state index in [4.69, 9.17) is 0 Å². The topological polar surface area (TPSA) is 81.1 Å².